The summed E-state index contributed by atoms with van der Waals surface area (Å²) in [5, 5.41) is 3.82. The van der Waals surface area contributed by atoms with Gasteiger partial charge in [0, 0.05) is 16.1 Å². The first-order chi connectivity index (χ1) is 9.54. The van der Waals surface area contributed by atoms with Gasteiger partial charge in [0.15, 0.2) is 0 Å². The summed E-state index contributed by atoms with van der Waals surface area (Å²) in [6.45, 7) is 4.53. The molecule has 0 spiro atoms. The maximum atomic E-state index is 3.82. The predicted molar refractivity (Wildman–Crippen MR) is 87.9 cm³/mol. The minimum absolute atomic E-state index is 0.00654. The second-order valence-electron chi connectivity index (χ2n) is 6.15. The fraction of sp³-hybridized carbons (Fsp3) is 0.333. The predicted octanol–water partition coefficient (Wildman–Crippen LogP) is 4.44. The van der Waals surface area contributed by atoms with Crippen molar-refractivity contribution < 1.29 is 0 Å². The molecule has 0 unspecified atom stereocenters. The van der Waals surface area contributed by atoms with Crippen LogP contribution in [0.15, 0.2) is 53.0 Å². The van der Waals surface area contributed by atoms with Crippen molar-refractivity contribution in [3.05, 3.63) is 69.7 Å². The van der Waals surface area contributed by atoms with Crippen LogP contribution in [0.4, 0.5) is 0 Å². The van der Waals surface area contributed by atoms with E-state index in [4.69, 9.17) is 0 Å². The lowest BCUT2D eigenvalue weighted by atomic mass is 9.93. The summed E-state index contributed by atoms with van der Waals surface area (Å²) in [6, 6.07) is 17.9. The molecule has 1 aliphatic carbocycles. The number of hydrogen-bond donors (Lipinski definition) is 1. The second-order valence-corrected chi connectivity index (χ2v) is 7.07. The van der Waals surface area contributed by atoms with Gasteiger partial charge in [-0.15, -0.1) is 0 Å². The molecule has 20 heavy (non-hydrogen) atoms. The average Bonchev–Trinajstić information content (AvgIpc) is 2.80. The minimum Gasteiger partial charge on any atom is -0.304 e. The summed E-state index contributed by atoms with van der Waals surface area (Å²) < 4.78 is 1.13. The molecule has 0 aromatic heterocycles. The Labute approximate surface area is 129 Å². The molecule has 2 aromatic carbocycles. The molecule has 3 rings (SSSR count). The first kappa shape index (κ1) is 13.8. The Bertz CT molecular complexity index is 576. The molecule has 1 nitrogen and oxygen atoms in total. The van der Waals surface area contributed by atoms with Gasteiger partial charge in [0.25, 0.3) is 0 Å². The second kappa shape index (κ2) is 5.34. The lowest BCUT2D eigenvalue weighted by molar-refractivity contribution is 0.345. The molecule has 0 heterocycles. The minimum atomic E-state index is -0.00654. The third-order valence-corrected chi connectivity index (χ3v) is 4.71. The number of halogens is 1. The highest BCUT2D eigenvalue weighted by Crippen LogP contribution is 2.27. The zero-order valence-electron chi connectivity index (χ0n) is 12.0. The van der Waals surface area contributed by atoms with Gasteiger partial charge in [0.05, 0.1) is 0 Å². The van der Waals surface area contributed by atoms with E-state index in [9.17, 15) is 0 Å². The van der Waals surface area contributed by atoms with E-state index in [-0.39, 0.29) is 5.54 Å². The number of hydrogen-bond acceptors (Lipinski definition) is 1. The maximum Gasteiger partial charge on any atom is 0.0379 e. The molecule has 1 aliphatic rings. The maximum absolute atomic E-state index is 3.82. The lowest BCUT2D eigenvalue weighted by Gasteiger charge is -2.31. The van der Waals surface area contributed by atoms with Crippen molar-refractivity contribution in [1.29, 1.82) is 0 Å². The highest BCUT2D eigenvalue weighted by Gasteiger charge is 2.28. The van der Waals surface area contributed by atoms with E-state index < -0.39 is 0 Å². The van der Waals surface area contributed by atoms with E-state index in [0.29, 0.717) is 6.04 Å². The Morgan fingerprint density at radius 2 is 1.50 bits per heavy atom. The van der Waals surface area contributed by atoms with E-state index in [1.807, 2.05) is 0 Å². The first-order valence-corrected chi connectivity index (χ1v) is 7.94. The molecule has 2 heteroatoms. The standard InChI is InChI=1S/C18H20BrN/c1-18(2,15-7-9-16(19)10-8-15)20-17-11-13-5-3-4-6-14(13)12-17/h3-10,17,20H,11-12H2,1-2H3. The van der Waals surface area contributed by atoms with Crippen LogP contribution in [0.3, 0.4) is 0 Å². The molecular weight excluding hydrogens is 310 g/mol. The Morgan fingerprint density at radius 1 is 0.950 bits per heavy atom. The number of rotatable bonds is 3. The van der Waals surface area contributed by atoms with Crippen LogP contribution in [0.1, 0.15) is 30.5 Å². The van der Waals surface area contributed by atoms with Crippen molar-refractivity contribution in [2.24, 2.45) is 0 Å². The summed E-state index contributed by atoms with van der Waals surface area (Å²) in [4.78, 5) is 0. The van der Waals surface area contributed by atoms with Gasteiger partial charge in [-0.3, -0.25) is 0 Å². The molecule has 0 aliphatic heterocycles. The number of nitrogens with one attached hydrogen (secondary N) is 1. The summed E-state index contributed by atoms with van der Waals surface area (Å²) in [5.41, 5.74) is 4.32. The van der Waals surface area contributed by atoms with Gasteiger partial charge < -0.3 is 5.32 Å². The van der Waals surface area contributed by atoms with Crippen LogP contribution < -0.4 is 5.32 Å². The normalized spacial score (nSPS) is 15.3. The van der Waals surface area contributed by atoms with Crippen LogP contribution in [0, 0.1) is 0 Å². The largest absolute Gasteiger partial charge is 0.304 e. The Morgan fingerprint density at radius 3 is 2.05 bits per heavy atom. The molecule has 2 aromatic rings. The molecule has 0 fully saturated rings. The molecule has 0 saturated carbocycles. The van der Waals surface area contributed by atoms with Crippen molar-refractivity contribution in [3.8, 4) is 0 Å². The van der Waals surface area contributed by atoms with E-state index in [2.05, 4.69) is 83.6 Å². The average molecular weight is 330 g/mol. The fourth-order valence-electron chi connectivity index (χ4n) is 3.12. The highest BCUT2D eigenvalue weighted by atomic mass is 79.9. The highest BCUT2D eigenvalue weighted by molar-refractivity contribution is 9.10. The molecule has 104 valence electrons. The zero-order chi connectivity index (χ0) is 14.2. The van der Waals surface area contributed by atoms with Crippen LogP contribution in [-0.2, 0) is 18.4 Å². The van der Waals surface area contributed by atoms with E-state index in [1.165, 1.54) is 16.7 Å². The zero-order valence-corrected chi connectivity index (χ0v) is 13.6. The SMILES string of the molecule is CC(C)(NC1Cc2ccccc2C1)c1ccc(Br)cc1. The van der Waals surface area contributed by atoms with Crippen LogP contribution in [0.25, 0.3) is 0 Å². The topological polar surface area (TPSA) is 12.0 Å². The van der Waals surface area contributed by atoms with Crippen LogP contribution in [-0.4, -0.2) is 6.04 Å². The Hall–Kier alpha value is -1.12. The summed E-state index contributed by atoms with van der Waals surface area (Å²) in [5.74, 6) is 0. The van der Waals surface area contributed by atoms with Crippen molar-refractivity contribution in [3.63, 3.8) is 0 Å². The third kappa shape index (κ3) is 2.82. The van der Waals surface area contributed by atoms with Crippen molar-refractivity contribution in [2.45, 2.75) is 38.3 Å². The summed E-state index contributed by atoms with van der Waals surface area (Å²) in [7, 11) is 0. The van der Waals surface area contributed by atoms with Gasteiger partial charge >= 0.3 is 0 Å². The van der Waals surface area contributed by atoms with Gasteiger partial charge in [-0.1, -0.05) is 52.3 Å². The smallest absolute Gasteiger partial charge is 0.0379 e. The van der Waals surface area contributed by atoms with E-state index in [0.717, 1.165) is 17.3 Å². The molecule has 0 amide bonds. The van der Waals surface area contributed by atoms with Gasteiger partial charge in [0.2, 0.25) is 0 Å². The van der Waals surface area contributed by atoms with Crippen molar-refractivity contribution in [1.82, 2.24) is 5.32 Å². The van der Waals surface area contributed by atoms with Crippen molar-refractivity contribution in [2.75, 3.05) is 0 Å². The van der Waals surface area contributed by atoms with E-state index in [1.54, 1.807) is 0 Å². The summed E-state index contributed by atoms with van der Waals surface area (Å²) >= 11 is 3.50. The first-order valence-electron chi connectivity index (χ1n) is 7.15. The molecule has 0 atom stereocenters. The fourth-order valence-corrected chi connectivity index (χ4v) is 3.39. The van der Waals surface area contributed by atoms with Crippen LogP contribution >= 0.6 is 15.9 Å². The Kier molecular flexibility index (Phi) is 3.70. The monoisotopic (exact) mass is 329 g/mol. The third-order valence-electron chi connectivity index (χ3n) is 4.18. The number of benzene rings is 2. The number of fused-ring (bicyclic) bond motifs is 1. The molecule has 0 bridgehead atoms. The van der Waals surface area contributed by atoms with Gasteiger partial charge in [0.1, 0.15) is 0 Å². The Balaban J connectivity index is 1.73. The molecular formula is C18H20BrN. The van der Waals surface area contributed by atoms with Gasteiger partial charge in [-0.25, -0.2) is 0 Å². The molecule has 1 N–H and O–H groups in total. The van der Waals surface area contributed by atoms with Crippen LogP contribution in [0.5, 0.6) is 0 Å². The van der Waals surface area contributed by atoms with Gasteiger partial charge in [-0.05, 0) is 55.5 Å². The van der Waals surface area contributed by atoms with E-state index >= 15 is 0 Å². The molecule has 0 radical (unpaired) electrons. The van der Waals surface area contributed by atoms with Gasteiger partial charge in [-0.2, -0.15) is 0 Å². The lowest BCUT2D eigenvalue weighted by Crippen LogP contribution is -2.44. The van der Waals surface area contributed by atoms with Crippen molar-refractivity contribution >= 4 is 15.9 Å². The summed E-state index contributed by atoms with van der Waals surface area (Å²) in [6.07, 6.45) is 2.27. The van der Waals surface area contributed by atoms with Crippen LogP contribution in [0.2, 0.25) is 0 Å². The quantitative estimate of drug-likeness (QED) is 0.877. The molecule has 0 saturated heterocycles.